The second kappa shape index (κ2) is 17.6. The van der Waals surface area contributed by atoms with Gasteiger partial charge in [0.05, 0.1) is 13.2 Å². The highest BCUT2D eigenvalue weighted by molar-refractivity contribution is 5.96. The molecule has 2 bridgehead atoms. The first-order chi connectivity index (χ1) is 31.4. The van der Waals surface area contributed by atoms with Crippen molar-refractivity contribution in [3.05, 3.63) is 149 Å². The lowest BCUT2D eigenvalue weighted by atomic mass is 9.62. The number of hydrogen-bond acceptors (Lipinski definition) is 13. The summed E-state index contributed by atoms with van der Waals surface area (Å²) in [5.41, 5.74) is 0.995. The molecule has 0 spiro atoms. The van der Waals surface area contributed by atoms with Crippen LogP contribution < -0.4 is 5.32 Å². The molecular formula is C50H51N3O12. The number of benzene rings is 4. The first-order valence-electron chi connectivity index (χ1n) is 21.8. The Morgan fingerprint density at radius 2 is 1.51 bits per heavy atom. The van der Waals surface area contributed by atoms with Crippen LogP contribution in [0.25, 0.3) is 6.08 Å². The Morgan fingerprint density at radius 3 is 2.15 bits per heavy atom. The minimum absolute atomic E-state index is 0.0123. The molecule has 9 rings (SSSR count). The van der Waals surface area contributed by atoms with Crippen molar-refractivity contribution < 1.29 is 57.6 Å². The minimum Gasteiger partial charge on any atom is -0.462 e. The van der Waals surface area contributed by atoms with Gasteiger partial charge < -0.3 is 39.0 Å². The summed E-state index contributed by atoms with van der Waals surface area (Å²) in [5, 5.41) is 13.8. The number of nitrogens with one attached hydrogen (secondary N) is 1. The summed E-state index contributed by atoms with van der Waals surface area (Å²) in [6.45, 7) is 3.30. The highest BCUT2D eigenvalue weighted by Gasteiger charge is 2.77. The van der Waals surface area contributed by atoms with Crippen molar-refractivity contribution in [2.75, 3.05) is 26.8 Å². The van der Waals surface area contributed by atoms with Crippen LogP contribution in [0.15, 0.2) is 121 Å². The predicted molar refractivity (Wildman–Crippen MR) is 231 cm³/mol. The number of ether oxygens (including phenoxy) is 5. The van der Waals surface area contributed by atoms with Gasteiger partial charge in [-0.1, -0.05) is 129 Å². The molecule has 5 fully saturated rings. The standard InChI is InChI=1S/C50H51N3O12/c1-48(2)30-60-46(58)43(48)62-38(55)24-23-32-17-13-14-18-33(32)29-53-41-45(57)61-37-28-49(41,47(59)52(3)36(44(56)51-25-26-54)27-31-15-7-4-8-16-31)42(65-53)40-39(37)63-50(64-40,34-19-9-5-10-20-34)35-21-11-6-12-22-35/h4-24,36-37,39-43,54H,25-30H2,1-3H3,(H,51,56). The highest BCUT2D eigenvalue weighted by atomic mass is 16.8. The topological polar surface area (TPSA) is 179 Å². The van der Waals surface area contributed by atoms with Crippen LogP contribution in [-0.4, -0.2) is 114 Å². The van der Waals surface area contributed by atoms with Gasteiger partial charge >= 0.3 is 17.9 Å². The van der Waals surface area contributed by atoms with Crippen LogP contribution in [0.3, 0.4) is 0 Å². The maximum absolute atomic E-state index is 15.8. The molecule has 2 amide bonds. The number of fused-ring (bicyclic) bond motifs is 4. The number of amides is 2. The molecule has 4 aliphatic heterocycles. The zero-order valence-electron chi connectivity index (χ0n) is 36.2. The van der Waals surface area contributed by atoms with Crippen molar-refractivity contribution in [2.45, 2.75) is 81.6 Å². The molecule has 4 aromatic carbocycles. The molecule has 15 nitrogen and oxygen atoms in total. The predicted octanol–water partition coefficient (Wildman–Crippen LogP) is 3.86. The van der Waals surface area contributed by atoms with E-state index in [4.69, 9.17) is 28.5 Å². The zero-order chi connectivity index (χ0) is 45.5. The molecule has 338 valence electrons. The van der Waals surface area contributed by atoms with E-state index in [9.17, 15) is 24.3 Å². The molecule has 65 heavy (non-hydrogen) atoms. The van der Waals surface area contributed by atoms with E-state index in [1.807, 2.05) is 91.0 Å². The smallest absolute Gasteiger partial charge is 0.348 e. The Kier molecular flexibility index (Phi) is 11.9. The highest BCUT2D eigenvalue weighted by Crippen LogP contribution is 2.60. The Morgan fingerprint density at radius 1 is 0.877 bits per heavy atom. The number of rotatable bonds is 14. The fourth-order valence-corrected chi connectivity index (χ4v) is 9.94. The first-order valence-corrected chi connectivity index (χ1v) is 21.8. The SMILES string of the molecule is CN(C(=O)C12CC3OC(=O)C1N(Cc1ccccc1C=CC(=O)OC1C(=O)OCC1(C)C)OC2C1OC(c2ccccc2)(c2ccccc2)OC31)C(Cc1ccccc1)C(=O)NCCO. The molecule has 4 aromatic rings. The fraction of sp³-hybridized carbons (Fsp3) is 0.380. The third-order valence-electron chi connectivity index (χ3n) is 13.2. The van der Waals surface area contributed by atoms with E-state index >= 15 is 4.79 Å². The summed E-state index contributed by atoms with van der Waals surface area (Å²) in [6.07, 6.45) is -2.09. The monoisotopic (exact) mass is 885 g/mol. The number of hydroxylamine groups is 2. The largest absolute Gasteiger partial charge is 0.462 e. The van der Waals surface area contributed by atoms with Crippen molar-refractivity contribution in [3.63, 3.8) is 0 Å². The van der Waals surface area contributed by atoms with E-state index in [2.05, 4.69) is 5.32 Å². The van der Waals surface area contributed by atoms with E-state index in [0.717, 1.165) is 5.56 Å². The van der Waals surface area contributed by atoms with Crippen LogP contribution in [0.5, 0.6) is 0 Å². The van der Waals surface area contributed by atoms with E-state index < -0.39 is 88.9 Å². The number of carbonyl (C=O) groups is 5. The normalized spacial score (nSPS) is 27.6. The summed E-state index contributed by atoms with van der Waals surface area (Å²) in [7, 11) is 1.55. The number of likely N-dealkylation sites (N-methyl/N-ethyl adjacent to an activating group) is 1. The van der Waals surface area contributed by atoms with Gasteiger partial charge in [-0.25, -0.2) is 9.59 Å². The van der Waals surface area contributed by atoms with E-state index in [1.54, 1.807) is 51.2 Å². The molecule has 8 unspecified atom stereocenters. The number of nitrogens with zero attached hydrogens (tertiary/aromatic N) is 2. The molecule has 0 radical (unpaired) electrons. The van der Waals surface area contributed by atoms with Crippen LogP contribution in [0, 0.1) is 10.8 Å². The lowest BCUT2D eigenvalue weighted by molar-refractivity contribution is -0.214. The quantitative estimate of drug-likeness (QED) is 0.106. The lowest BCUT2D eigenvalue weighted by Crippen LogP contribution is -2.70. The second-order valence-corrected chi connectivity index (χ2v) is 17.8. The molecule has 4 saturated heterocycles. The van der Waals surface area contributed by atoms with Gasteiger partial charge in [0, 0.05) is 49.1 Å². The molecule has 1 aliphatic carbocycles. The number of hydrogen-bond donors (Lipinski definition) is 2. The maximum Gasteiger partial charge on any atom is 0.348 e. The summed E-state index contributed by atoms with van der Waals surface area (Å²) in [5.74, 6) is -4.56. The molecule has 5 aliphatic rings. The summed E-state index contributed by atoms with van der Waals surface area (Å²) in [6, 6.07) is 32.9. The average Bonchev–Trinajstić information content (AvgIpc) is 3.98. The first kappa shape index (κ1) is 44.0. The summed E-state index contributed by atoms with van der Waals surface area (Å²) >= 11 is 0. The van der Waals surface area contributed by atoms with Gasteiger partial charge in [0.15, 0.2) is 6.04 Å². The Labute approximate surface area is 376 Å². The third kappa shape index (κ3) is 7.90. The van der Waals surface area contributed by atoms with Crippen LogP contribution >= 0.6 is 0 Å². The molecule has 8 atom stereocenters. The van der Waals surface area contributed by atoms with Crippen LogP contribution in [-0.2, 0) is 71.2 Å². The van der Waals surface area contributed by atoms with Crippen LogP contribution in [0.1, 0.15) is 48.1 Å². The van der Waals surface area contributed by atoms with Crippen LogP contribution in [0.4, 0.5) is 0 Å². The van der Waals surface area contributed by atoms with Crippen molar-refractivity contribution >= 4 is 35.8 Å². The summed E-state index contributed by atoms with van der Waals surface area (Å²) < 4.78 is 31.1. The van der Waals surface area contributed by atoms with E-state index in [1.165, 1.54) is 16.0 Å². The Balaban J connectivity index is 1.10. The van der Waals surface area contributed by atoms with E-state index in [-0.39, 0.29) is 39.1 Å². The number of aliphatic hydroxyl groups is 1. The number of esters is 3. The molecular weight excluding hydrogens is 835 g/mol. The van der Waals surface area contributed by atoms with Gasteiger partial charge in [0.2, 0.25) is 23.7 Å². The summed E-state index contributed by atoms with van der Waals surface area (Å²) in [4.78, 5) is 78.2. The van der Waals surface area contributed by atoms with Crippen molar-refractivity contribution in [1.82, 2.24) is 15.3 Å². The van der Waals surface area contributed by atoms with E-state index in [0.29, 0.717) is 22.3 Å². The number of aliphatic hydroxyl groups excluding tert-OH is 1. The van der Waals surface area contributed by atoms with Crippen molar-refractivity contribution in [2.24, 2.45) is 10.8 Å². The Hall–Kier alpha value is -6.23. The van der Waals surface area contributed by atoms with Gasteiger partial charge in [-0.2, -0.15) is 5.06 Å². The molecule has 1 saturated carbocycles. The Bertz CT molecular complexity index is 2430. The molecule has 0 aromatic heterocycles. The van der Waals surface area contributed by atoms with Crippen LogP contribution in [0.2, 0.25) is 0 Å². The number of carbonyl (C=O) groups excluding carboxylic acids is 5. The third-order valence-corrected chi connectivity index (χ3v) is 13.2. The van der Waals surface area contributed by atoms with Gasteiger partial charge in [-0.15, -0.1) is 0 Å². The van der Waals surface area contributed by atoms with Gasteiger partial charge in [0.1, 0.15) is 42.5 Å². The zero-order valence-corrected chi connectivity index (χ0v) is 36.2. The van der Waals surface area contributed by atoms with Crippen molar-refractivity contribution in [3.8, 4) is 0 Å². The molecule has 15 heteroatoms. The average molecular weight is 886 g/mol. The lowest BCUT2D eigenvalue weighted by Gasteiger charge is -2.50. The molecule has 2 N–H and O–H groups in total. The van der Waals surface area contributed by atoms with Gasteiger partial charge in [0.25, 0.3) is 0 Å². The van der Waals surface area contributed by atoms with Gasteiger partial charge in [-0.3, -0.25) is 19.2 Å². The van der Waals surface area contributed by atoms with Gasteiger partial charge in [-0.05, 0) is 22.8 Å². The number of cyclic esters (lactones) is 1. The van der Waals surface area contributed by atoms with Crippen molar-refractivity contribution in [1.29, 1.82) is 0 Å². The fourth-order valence-electron chi connectivity index (χ4n) is 9.94. The maximum atomic E-state index is 15.8. The molecule has 4 heterocycles. The minimum atomic E-state index is -1.66. The second-order valence-electron chi connectivity index (χ2n) is 17.8.